The maximum Gasteiger partial charge on any atom is 0.343 e. The molecule has 5 aromatic rings. The molecule has 0 aliphatic carbocycles. The zero-order chi connectivity index (χ0) is 25.1. The van der Waals surface area contributed by atoms with E-state index < -0.39 is 11.9 Å². The van der Waals surface area contributed by atoms with Gasteiger partial charge in [-0.1, -0.05) is 66.2 Å². The number of phenols is 1. The number of hydrogen-bond donors (Lipinski definition) is 2. The Morgan fingerprint density at radius 3 is 2.25 bits per heavy atom. The molecule has 0 heterocycles. The van der Waals surface area contributed by atoms with E-state index in [1.165, 1.54) is 12.3 Å². The highest BCUT2D eigenvalue weighted by Crippen LogP contribution is 2.28. The van der Waals surface area contributed by atoms with Crippen molar-refractivity contribution in [3.8, 4) is 11.5 Å². The van der Waals surface area contributed by atoms with Gasteiger partial charge in [-0.15, -0.1) is 0 Å². The smallest absolute Gasteiger partial charge is 0.343 e. The number of nitrogens with zero attached hydrogens (tertiary/aromatic N) is 1. The average Bonchev–Trinajstić information content (AvgIpc) is 2.89. The minimum atomic E-state index is -0.575. The number of carbonyl (C=O) groups excluding carboxylic acids is 2. The van der Waals surface area contributed by atoms with Crippen LogP contribution in [0.1, 0.15) is 26.3 Å². The third-order valence-electron chi connectivity index (χ3n) is 5.68. The van der Waals surface area contributed by atoms with Gasteiger partial charge in [-0.3, -0.25) is 4.79 Å². The third kappa shape index (κ3) is 4.76. The summed E-state index contributed by atoms with van der Waals surface area (Å²) in [6.07, 6.45) is 1.42. The van der Waals surface area contributed by atoms with Gasteiger partial charge in [0.15, 0.2) is 0 Å². The Kier molecular flexibility index (Phi) is 6.34. The van der Waals surface area contributed by atoms with Gasteiger partial charge < -0.3 is 9.84 Å². The molecular weight excluding hydrogens is 476 g/mol. The summed E-state index contributed by atoms with van der Waals surface area (Å²) >= 11 is 5.91. The van der Waals surface area contributed by atoms with Crippen LogP contribution in [0.4, 0.5) is 0 Å². The Labute approximate surface area is 211 Å². The van der Waals surface area contributed by atoms with Crippen LogP contribution in [-0.2, 0) is 0 Å². The molecule has 7 heteroatoms. The maximum atomic E-state index is 12.8. The van der Waals surface area contributed by atoms with Gasteiger partial charge in [0, 0.05) is 10.6 Å². The molecule has 0 bridgehead atoms. The Morgan fingerprint density at radius 2 is 1.50 bits per heavy atom. The van der Waals surface area contributed by atoms with E-state index in [-0.39, 0.29) is 17.1 Å². The van der Waals surface area contributed by atoms with Crippen molar-refractivity contribution in [1.82, 2.24) is 5.43 Å². The van der Waals surface area contributed by atoms with Crippen molar-refractivity contribution < 1.29 is 19.4 Å². The molecule has 1 amide bonds. The number of halogens is 1. The van der Waals surface area contributed by atoms with Crippen LogP contribution in [0.5, 0.6) is 11.5 Å². The number of carbonyl (C=O) groups is 2. The van der Waals surface area contributed by atoms with Gasteiger partial charge in [0.25, 0.3) is 5.91 Å². The van der Waals surface area contributed by atoms with Crippen LogP contribution in [0.2, 0.25) is 5.02 Å². The lowest BCUT2D eigenvalue weighted by Gasteiger charge is -2.11. The summed E-state index contributed by atoms with van der Waals surface area (Å²) in [6.45, 7) is 0. The standard InChI is InChI=1S/C29H19ClN2O4/c30-22-12-9-19(10-13-22)29(35)36-27-14-11-18-5-3-4-8-23(18)25(27)17-31-32-28(34)24-15-20-6-1-2-7-21(20)16-26(24)33/h1-17,33H,(H,32,34)/b31-17-. The fraction of sp³-hybridized carbons (Fsp3) is 0. The van der Waals surface area contributed by atoms with E-state index in [1.54, 1.807) is 36.4 Å². The van der Waals surface area contributed by atoms with Gasteiger partial charge in [-0.05, 0) is 64.0 Å². The monoisotopic (exact) mass is 494 g/mol. The molecular formula is C29H19ClN2O4. The molecule has 0 saturated heterocycles. The van der Waals surface area contributed by atoms with Crippen molar-refractivity contribution in [3.63, 3.8) is 0 Å². The molecule has 2 N–H and O–H groups in total. The number of ether oxygens (including phenoxy) is 1. The van der Waals surface area contributed by atoms with Crippen molar-refractivity contribution >= 4 is 51.2 Å². The van der Waals surface area contributed by atoms with E-state index in [0.29, 0.717) is 16.1 Å². The molecule has 0 radical (unpaired) electrons. The number of phenolic OH excluding ortho intramolecular Hbond substituents is 1. The fourth-order valence-electron chi connectivity index (χ4n) is 3.87. The van der Waals surface area contributed by atoms with Crippen LogP contribution in [0.15, 0.2) is 102 Å². The summed E-state index contributed by atoms with van der Waals surface area (Å²) < 4.78 is 5.66. The molecule has 0 aliphatic rings. The van der Waals surface area contributed by atoms with Gasteiger partial charge in [0.05, 0.1) is 17.3 Å². The van der Waals surface area contributed by atoms with Crippen LogP contribution in [0.25, 0.3) is 21.5 Å². The number of nitrogens with one attached hydrogen (secondary N) is 1. The van der Waals surface area contributed by atoms with Crippen LogP contribution in [-0.4, -0.2) is 23.2 Å². The van der Waals surface area contributed by atoms with Crippen LogP contribution >= 0.6 is 11.6 Å². The minimum absolute atomic E-state index is 0.0955. The molecule has 0 aliphatic heterocycles. The zero-order valence-electron chi connectivity index (χ0n) is 18.8. The normalized spacial score (nSPS) is 11.1. The summed E-state index contributed by atoms with van der Waals surface area (Å²) in [5, 5.41) is 18.3. The predicted octanol–water partition coefficient (Wildman–Crippen LogP) is 6.34. The molecule has 0 unspecified atom stereocenters. The van der Waals surface area contributed by atoms with E-state index in [0.717, 1.165) is 21.5 Å². The second kappa shape index (κ2) is 9.90. The summed E-state index contributed by atoms with van der Waals surface area (Å²) in [6, 6.07) is 28.0. The maximum absolute atomic E-state index is 12.8. The quantitative estimate of drug-likeness (QED) is 0.129. The number of hydrogen-bond acceptors (Lipinski definition) is 5. The number of benzene rings is 5. The molecule has 0 atom stereocenters. The van der Waals surface area contributed by atoms with Crippen molar-refractivity contribution in [1.29, 1.82) is 0 Å². The zero-order valence-corrected chi connectivity index (χ0v) is 19.6. The largest absolute Gasteiger partial charge is 0.507 e. The van der Waals surface area contributed by atoms with Crippen LogP contribution in [0, 0.1) is 0 Å². The molecule has 0 spiro atoms. The lowest BCUT2D eigenvalue weighted by molar-refractivity contribution is 0.0734. The number of hydrazone groups is 1. The first-order chi connectivity index (χ1) is 17.5. The van der Waals surface area contributed by atoms with Gasteiger partial charge in [0.1, 0.15) is 11.5 Å². The first-order valence-electron chi connectivity index (χ1n) is 11.0. The first kappa shape index (κ1) is 23.1. The number of aromatic hydroxyl groups is 1. The molecule has 0 aromatic heterocycles. The Bertz CT molecular complexity index is 1650. The van der Waals surface area contributed by atoms with Crippen molar-refractivity contribution in [2.45, 2.75) is 0 Å². The minimum Gasteiger partial charge on any atom is -0.507 e. The van der Waals surface area contributed by atoms with E-state index in [1.807, 2.05) is 54.6 Å². The highest BCUT2D eigenvalue weighted by Gasteiger charge is 2.15. The Balaban J connectivity index is 1.44. The average molecular weight is 495 g/mol. The molecule has 0 saturated carbocycles. The number of amides is 1. The second-order valence-electron chi connectivity index (χ2n) is 8.01. The fourth-order valence-corrected chi connectivity index (χ4v) is 3.99. The van der Waals surface area contributed by atoms with Gasteiger partial charge in [-0.25, -0.2) is 10.2 Å². The topological polar surface area (TPSA) is 88.0 Å². The third-order valence-corrected chi connectivity index (χ3v) is 5.93. The lowest BCUT2D eigenvalue weighted by Crippen LogP contribution is -2.18. The SMILES string of the molecule is O=C(Oc1ccc2ccccc2c1/C=N\NC(=O)c1cc2ccccc2cc1O)c1ccc(Cl)cc1. The van der Waals surface area contributed by atoms with Crippen molar-refractivity contribution in [2.75, 3.05) is 0 Å². The van der Waals surface area contributed by atoms with E-state index in [4.69, 9.17) is 16.3 Å². The van der Waals surface area contributed by atoms with Crippen molar-refractivity contribution in [3.05, 3.63) is 119 Å². The van der Waals surface area contributed by atoms with Gasteiger partial charge >= 0.3 is 5.97 Å². The molecule has 5 rings (SSSR count). The first-order valence-corrected chi connectivity index (χ1v) is 11.4. The van der Waals surface area contributed by atoms with Crippen LogP contribution in [0.3, 0.4) is 0 Å². The number of rotatable bonds is 5. The van der Waals surface area contributed by atoms with E-state index in [2.05, 4.69) is 10.5 Å². The number of esters is 1. The molecule has 36 heavy (non-hydrogen) atoms. The van der Waals surface area contributed by atoms with E-state index >= 15 is 0 Å². The molecule has 6 nitrogen and oxygen atoms in total. The summed E-state index contributed by atoms with van der Waals surface area (Å²) in [4.78, 5) is 25.5. The summed E-state index contributed by atoms with van der Waals surface area (Å²) in [5.41, 5.74) is 3.40. The van der Waals surface area contributed by atoms with Gasteiger partial charge in [0.2, 0.25) is 0 Å². The van der Waals surface area contributed by atoms with Crippen molar-refractivity contribution in [2.24, 2.45) is 5.10 Å². The predicted molar refractivity (Wildman–Crippen MR) is 141 cm³/mol. The summed E-state index contributed by atoms with van der Waals surface area (Å²) in [7, 11) is 0. The van der Waals surface area contributed by atoms with Crippen LogP contribution < -0.4 is 10.2 Å². The number of fused-ring (bicyclic) bond motifs is 2. The van der Waals surface area contributed by atoms with E-state index in [9.17, 15) is 14.7 Å². The highest BCUT2D eigenvalue weighted by molar-refractivity contribution is 6.30. The highest BCUT2D eigenvalue weighted by atomic mass is 35.5. The second-order valence-corrected chi connectivity index (χ2v) is 8.45. The van der Waals surface area contributed by atoms with Gasteiger partial charge in [-0.2, -0.15) is 5.10 Å². The molecule has 5 aromatic carbocycles. The summed E-state index contributed by atoms with van der Waals surface area (Å²) in [5.74, 6) is -1.000. The molecule has 176 valence electrons. The lowest BCUT2D eigenvalue weighted by atomic mass is 10.0. The Hall–Kier alpha value is -4.68. The Morgan fingerprint density at radius 1 is 0.833 bits per heavy atom. The molecule has 0 fully saturated rings.